The molecule has 1 unspecified atom stereocenters. The molecule has 0 bridgehead atoms. The molecule has 0 N–H and O–H groups in total. The summed E-state index contributed by atoms with van der Waals surface area (Å²) in [5, 5.41) is 13.0. The van der Waals surface area contributed by atoms with Gasteiger partial charge in [-0.05, 0) is 53.1 Å². The Bertz CT molecular complexity index is 1240. The monoisotopic (exact) mass is 465 g/mol. The topological polar surface area (TPSA) is 63.0 Å². The second-order valence-corrected chi connectivity index (χ2v) is 9.00. The van der Waals surface area contributed by atoms with Crippen LogP contribution in [0.3, 0.4) is 0 Å². The van der Waals surface area contributed by atoms with Crippen molar-refractivity contribution in [3.05, 3.63) is 107 Å². The van der Waals surface area contributed by atoms with Crippen molar-refractivity contribution in [1.29, 1.82) is 0 Å². The van der Waals surface area contributed by atoms with Gasteiger partial charge in [-0.15, -0.1) is 5.10 Å². The van der Waals surface area contributed by atoms with E-state index in [4.69, 9.17) is 4.98 Å². The molecule has 0 radical (unpaired) electrons. The van der Waals surface area contributed by atoms with Crippen LogP contribution in [0.4, 0.5) is 0 Å². The highest BCUT2D eigenvalue weighted by atomic mass is 15.6. The van der Waals surface area contributed by atoms with Crippen LogP contribution < -0.4 is 0 Å². The zero-order valence-electron chi connectivity index (χ0n) is 20.3. The maximum absolute atomic E-state index is 4.72. The fourth-order valence-electron chi connectivity index (χ4n) is 4.79. The van der Waals surface area contributed by atoms with Crippen LogP contribution in [0, 0.1) is 13.8 Å². The van der Waals surface area contributed by atoms with Gasteiger partial charge in [0.1, 0.15) is 6.04 Å². The molecule has 178 valence electrons. The highest BCUT2D eigenvalue weighted by Gasteiger charge is 2.32. The maximum Gasteiger partial charge on any atom is 0.179 e. The fourth-order valence-corrected chi connectivity index (χ4v) is 4.79. The van der Waals surface area contributed by atoms with Gasteiger partial charge in [-0.1, -0.05) is 66.7 Å². The summed E-state index contributed by atoms with van der Waals surface area (Å²) in [4.78, 5) is 9.66. The third kappa shape index (κ3) is 5.21. The summed E-state index contributed by atoms with van der Waals surface area (Å²) in [6.45, 7) is 8.94. The van der Waals surface area contributed by atoms with Gasteiger partial charge in [-0.2, -0.15) is 4.68 Å². The Hall–Kier alpha value is -3.68. The molecule has 0 amide bonds. The molecule has 3 heterocycles. The van der Waals surface area contributed by atoms with Gasteiger partial charge in [0.05, 0.1) is 11.4 Å². The van der Waals surface area contributed by atoms with E-state index >= 15 is 0 Å². The van der Waals surface area contributed by atoms with E-state index in [1.54, 1.807) is 0 Å². The average Bonchev–Trinajstić information content (AvgIpc) is 3.35. The number of benzene rings is 2. The molecule has 4 aromatic rings. The zero-order valence-corrected chi connectivity index (χ0v) is 20.3. The lowest BCUT2D eigenvalue weighted by Gasteiger charge is -2.38. The molecule has 7 heteroatoms. The van der Waals surface area contributed by atoms with Gasteiger partial charge < -0.3 is 0 Å². The third-order valence-electron chi connectivity index (χ3n) is 6.60. The number of rotatable bonds is 7. The number of pyridine rings is 1. The van der Waals surface area contributed by atoms with Gasteiger partial charge in [0, 0.05) is 38.9 Å². The van der Waals surface area contributed by atoms with Crippen LogP contribution >= 0.6 is 0 Å². The summed E-state index contributed by atoms with van der Waals surface area (Å²) in [5.74, 6) is 0.804. The molecule has 0 saturated carbocycles. The first kappa shape index (κ1) is 23.1. The van der Waals surface area contributed by atoms with Crippen molar-refractivity contribution in [2.45, 2.75) is 19.9 Å². The van der Waals surface area contributed by atoms with Crippen LogP contribution in [-0.4, -0.2) is 67.7 Å². The van der Waals surface area contributed by atoms with Crippen molar-refractivity contribution in [2.75, 3.05) is 32.7 Å². The van der Waals surface area contributed by atoms with E-state index in [-0.39, 0.29) is 6.04 Å². The third-order valence-corrected chi connectivity index (χ3v) is 6.60. The van der Waals surface area contributed by atoms with Gasteiger partial charge in [0.15, 0.2) is 5.82 Å². The first-order chi connectivity index (χ1) is 17.2. The Morgan fingerprint density at radius 1 is 0.857 bits per heavy atom. The standard InChI is InChI=1S/C28H31N7/c1-22-10-8-11-23(2)26(22)35-28(30-31-32-35)27(25-15-6-7-16-29-25)34-20-18-33(19-21-34)17-9-14-24-12-4-3-5-13-24/h3-16,27H,17-21H2,1-2H3/b14-9+. The van der Waals surface area contributed by atoms with Gasteiger partial charge in [-0.25, -0.2) is 0 Å². The summed E-state index contributed by atoms with van der Waals surface area (Å²) in [7, 11) is 0. The Kier molecular flexibility index (Phi) is 7.07. The van der Waals surface area contributed by atoms with Crippen molar-refractivity contribution in [3.63, 3.8) is 0 Å². The number of aromatic nitrogens is 5. The van der Waals surface area contributed by atoms with Crippen molar-refractivity contribution in [1.82, 2.24) is 35.0 Å². The smallest absolute Gasteiger partial charge is 0.179 e. The lowest BCUT2D eigenvalue weighted by molar-refractivity contribution is 0.112. The van der Waals surface area contributed by atoms with E-state index in [9.17, 15) is 0 Å². The molecule has 1 fully saturated rings. The first-order valence-corrected chi connectivity index (χ1v) is 12.1. The van der Waals surface area contributed by atoms with Crippen LogP contribution in [0.25, 0.3) is 11.8 Å². The predicted molar refractivity (Wildman–Crippen MR) is 138 cm³/mol. The number of hydrogen-bond acceptors (Lipinski definition) is 6. The molecule has 1 aliphatic heterocycles. The lowest BCUT2D eigenvalue weighted by Crippen LogP contribution is -2.48. The SMILES string of the molecule is Cc1cccc(C)c1-n1nnnc1C(c1ccccn1)N1CCN(C/C=C/c2ccccc2)CC1. The van der Waals surface area contributed by atoms with Gasteiger partial charge in [-0.3, -0.25) is 14.8 Å². The number of hydrogen-bond donors (Lipinski definition) is 0. The molecular formula is C28H31N7. The fraction of sp³-hybridized carbons (Fsp3) is 0.286. The van der Waals surface area contributed by atoms with E-state index < -0.39 is 0 Å². The lowest BCUT2D eigenvalue weighted by atomic mass is 10.1. The summed E-state index contributed by atoms with van der Waals surface area (Å²) in [6.07, 6.45) is 6.30. The summed E-state index contributed by atoms with van der Waals surface area (Å²) in [5.41, 5.74) is 5.53. The quantitative estimate of drug-likeness (QED) is 0.410. The van der Waals surface area contributed by atoms with E-state index in [0.717, 1.165) is 61.1 Å². The van der Waals surface area contributed by atoms with Crippen molar-refractivity contribution < 1.29 is 0 Å². The molecule has 2 aromatic carbocycles. The van der Waals surface area contributed by atoms with E-state index in [1.165, 1.54) is 5.56 Å². The van der Waals surface area contributed by atoms with Crippen molar-refractivity contribution in [3.8, 4) is 5.69 Å². The largest absolute Gasteiger partial charge is 0.297 e. The normalized spacial score (nSPS) is 16.1. The Balaban J connectivity index is 1.37. The maximum atomic E-state index is 4.72. The summed E-state index contributed by atoms with van der Waals surface area (Å²) < 4.78 is 1.90. The second kappa shape index (κ2) is 10.7. The van der Waals surface area contributed by atoms with Crippen LogP contribution in [-0.2, 0) is 0 Å². The number of tetrazole rings is 1. The second-order valence-electron chi connectivity index (χ2n) is 9.00. The van der Waals surface area contributed by atoms with Gasteiger partial charge in [0.2, 0.25) is 0 Å². The number of para-hydroxylation sites is 1. The Morgan fingerprint density at radius 3 is 2.31 bits per heavy atom. The minimum atomic E-state index is -0.118. The molecule has 1 aliphatic rings. The van der Waals surface area contributed by atoms with Crippen LogP contribution in [0.15, 0.2) is 79.0 Å². The molecule has 2 aromatic heterocycles. The number of aryl methyl sites for hydroxylation is 2. The minimum Gasteiger partial charge on any atom is -0.297 e. The Morgan fingerprint density at radius 2 is 1.60 bits per heavy atom. The number of nitrogens with zero attached hydrogens (tertiary/aromatic N) is 7. The summed E-state index contributed by atoms with van der Waals surface area (Å²) >= 11 is 0. The van der Waals surface area contributed by atoms with Crippen molar-refractivity contribution in [2.24, 2.45) is 0 Å². The zero-order chi connectivity index (χ0) is 24.0. The van der Waals surface area contributed by atoms with Crippen LogP contribution in [0.2, 0.25) is 0 Å². The molecule has 35 heavy (non-hydrogen) atoms. The van der Waals surface area contributed by atoms with Gasteiger partial charge >= 0.3 is 0 Å². The highest BCUT2D eigenvalue weighted by Crippen LogP contribution is 2.29. The first-order valence-electron chi connectivity index (χ1n) is 12.1. The van der Waals surface area contributed by atoms with Crippen LogP contribution in [0.5, 0.6) is 0 Å². The molecule has 1 atom stereocenters. The van der Waals surface area contributed by atoms with E-state index in [2.05, 4.69) is 99.9 Å². The molecule has 5 rings (SSSR count). The van der Waals surface area contributed by atoms with Gasteiger partial charge in [0.25, 0.3) is 0 Å². The minimum absolute atomic E-state index is 0.118. The summed E-state index contributed by atoms with van der Waals surface area (Å²) in [6, 6.07) is 22.7. The average molecular weight is 466 g/mol. The molecular weight excluding hydrogens is 434 g/mol. The molecule has 0 spiro atoms. The van der Waals surface area contributed by atoms with Crippen molar-refractivity contribution >= 4 is 6.08 Å². The number of piperazine rings is 1. The molecule has 0 aliphatic carbocycles. The van der Waals surface area contributed by atoms with Crippen LogP contribution in [0.1, 0.15) is 34.3 Å². The van der Waals surface area contributed by atoms with E-state index in [1.807, 2.05) is 29.1 Å². The highest BCUT2D eigenvalue weighted by molar-refractivity contribution is 5.49. The molecule has 1 saturated heterocycles. The predicted octanol–water partition coefficient (Wildman–Crippen LogP) is 4.09. The molecule has 7 nitrogen and oxygen atoms in total. The Labute approximate surface area is 206 Å². The van der Waals surface area contributed by atoms with E-state index in [0.29, 0.717) is 0 Å².